The van der Waals surface area contributed by atoms with Gasteiger partial charge in [0.1, 0.15) is 11.2 Å². The molecule has 0 unspecified atom stereocenters. The van der Waals surface area contributed by atoms with Crippen molar-refractivity contribution in [1.82, 2.24) is 0 Å². The van der Waals surface area contributed by atoms with Gasteiger partial charge in [-0.15, -0.1) is 0 Å². The van der Waals surface area contributed by atoms with E-state index in [1.54, 1.807) is 0 Å². The van der Waals surface area contributed by atoms with Crippen LogP contribution in [-0.4, -0.2) is 0 Å². The second-order valence-corrected chi connectivity index (χ2v) is 15.7. The summed E-state index contributed by atoms with van der Waals surface area (Å²) in [5.41, 5.74) is 9.17. The average molecular weight is 628 g/mol. The lowest BCUT2D eigenvalue weighted by molar-refractivity contribution is 0.635. The summed E-state index contributed by atoms with van der Waals surface area (Å²) in [6.07, 6.45) is 9.54. The van der Waals surface area contributed by atoms with Crippen LogP contribution in [0.4, 0.5) is 0 Å². The first-order valence-electron chi connectivity index (χ1n) is 16.5. The minimum absolute atomic E-state index is 0.0185. The molecule has 45 heavy (non-hydrogen) atoms. The number of fused-ring (bicyclic) bond motifs is 7. The van der Waals surface area contributed by atoms with Crippen LogP contribution in [0.2, 0.25) is 0 Å². The molecule has 0 saturated carbocycles. The summed E-state index contributed by atoms with van der Waals surface area (Å²) in [7, 11) is -2.18. The van der Waals surface area contributed by atoms with E-state index in [1.165, 1.54) is 80.2 Å². The highest BCUT2D eigenvalue weighted by Crippen LogP contribution is 2.43. The van der Waals surface area contributed by atoms with Crippen LogP contribution in [0.25, 0.3) is 21.9 Å². The van der Waals surface area contributed by atoms with Gasteiger partial charge in [-0.1, -0.05) is 97.1 Å². The summed E-state index contributed by atoms with van der Waals surface area (Å²) in [5, 5.41) is 10.5. The normalized spacial score (nSPS) is 15.2. The average Bonchev–Trinajstić information content (AvgIpc) is 3.26. The molecule has 0 saturated heterocycles. The van der Waals surface area contributed by atoms with Gasteiger partial charge in [0, 0.05) is 16.8 Å². The Morgan fingerprint density at radius 3 is 1.62 bits per heavy atom. The Labute approximate surface area is 268 Å². The van der Waals surface area contributed by atoms with Gasteiger partial charge in [0.2, 0.25) is 0 Å². The van der Waals surface area contributed by atoms with E-state index in [9.17, 15) is 0 Å². The highest BCUT2D eigenvalue weighted by atomic mass is 31.1. The van der Waals surface area contributed by atoms with Crippen LogP contribution in [0.15, 0.2) is 118 Å². The van der Waals surface area contributed by atoms with Crippen LogP contribution in [0.1, 0.15) is 66.5 Å². The van der Waals surface area contributed by atoms with Gasteiger partial charge in [-0.25, -0.2) is 5.09 Å². The molecule has 1 N–H and O–H groups in total. The standard InChI is InChI=1S/C40H39NO2P2/c1-28(33-20-12-13-23-38(33)44(31-16-4-2-5-17-31)32-18-6-3-7-19-32)41-45-42-36-26-24-29-14-8-10-21-34(29)39(36)40-35-22-11-9-15-30(35)25-27-37(40)43-45/h2-7,12-13,16-20,23-28,41H,8-11,14-15,21-22H2,1H3/t28-/m1/s1. The topological polar surface area (TPSA) is 38.3 Å². The van der Waals surface area contributed by atoms with Crippen molar-refractivity contribution in [3.63, 3.8) is 0 Å². The van der Waals surface area contributed by atoms with Crippen molar-refractivity contribution in [3.8, 4) is 0 Å². The minimum atomic E-state index is -1.44. The predicted octanol–water partition coefficient (Wildman–Crippen LogP) is 10.1. The molecular formula is C40H39NO2P2. The minimum Gasteiger partial charge on any atom is -0.408 e. The van der Waals surface area contributed by atoms with Gasteiger partial charge in [0.15, 0.2) is 0 Å². The number of rotatable bonds is 6. The van der Waals surface area contributed by atoms with Crippen molar-refractivity contribution in [3.05, 3.63) is 137 Å². The smallest absolute Gasteiger partial charge is 0.307 e. The maximum Gasteiger partial charge on any atom is 0.307 e. The van der Waals surface area contributed by atoms with Gasteiger partial charge in [-0.3, -0.25) is 0 Å². The molecule has 3 nitrogen and oxygen atoms in total. The maximum atomic E-state index is 6.90. The van der Waals surface area contributed by atoms with E-state index < -0.39 is 16.1 Å². The first-order valence-corrected chi connectivity index (χ1v) is 19.0. The Bertz CT molecular complexity index is 1900. The fourth-order valence-electron chi connectivity index (χ4n) is 7.43. The molecule has 5 aromatic carbocycles. The van der Waals surface area contributed by atoms with E-state index in [4.69, 9.17) is 8.39 Å². The van der Waals surface area contributed by atoms with Crippen LogP contribution in [0, 0.1) is 0 Å². The summed E-state index contributed by atoms with van der Waals surface area (Å²) in [6.45, 7) is 2.25. The quantitative estimate of drug-likeness (QED) is 0.187. The van der Waals surface area contributed by atoms with E-state index in [0.717, 1.165) is 36.8 Å². The lowest BCUT2D eigenvalue weighted by Gasteiger charge is -2.24. The van der Waals surface area contributed by atoms with E-state index in [2.05, 4.69) is 121 Å². The molecule has 0 fully saturated rings. The lowest BCUT2D eigenvalue weighted by Crippen LogP contribution is -2.25. The zero-order chi connectivity index (χ0) is 30.2. The van der Waals surface area contributed by atoms with Crippen molar-refractivity contribution in [1.29, 1.82) is 0 Å². The van der Waals surface area contributed by atoms with E-state index in [-0.39, 0.29) is 6.04 Å². The third-order valence-electron chi connectivity index (χ3n) is 9.57. The van der Waals surface area contributed by atoms with Crippen molar-refractivity contribution in [2.75, 3.05) is 5.09 Å². The van der Waals surface area contributed by atoms with E-state index >= 15 is 0 Å². The summed E-state index contributed by atoms with van der Waals surface area (Å²) in [4.78, 5) is 0. The first-order chi connectivity index (χ1) is 22.2. The van der Waals surface area contributed by atoms with Gasteiger partial charge in [-0.2, -0.15) is 0 Å². The van der Waals surface area contributed by atoms with Gasteiger partial charge in [-0.05, 0) is 122 Å². The van der Waals surface area contributed by atoms with Gasteiger partial charge < -0.3 is 8.39 Å². The van der Waals surface area contributed by atoms with Crippen molar-refractivity contribution < 1.29 is 8.39 Å². The maximum absolute atomic E-state index is 6.90. The van der Waals surface area contributed by atoms with E-state index in [1.807, 2.05) is 0 Å². The molecule has 8 rings (SSSR count). The molecule has 2 aliphatic rings. The van der Waals surface area contributed by atoms with Crippen molar-refractivity contribution >= 4 is 53.9 Å². The van der Waals surface area contributed by atoms with Gasteiger partial charge in [0.25, 0.3) is 0 Å². The zero-order valence-corrected chi connectivity index (χ0v) is 27.6. The Morgan fingerprint density at radius 1 is 0.578 bits per heavy atom. The fourth-order valence-corrected chi connectivity index (χ4v) is 11.2. The number of aryl methyl sites for hydroxylation is 4. The second-order valence-electron chi connectivity index (χ2n) is 12.4. The van der Waals surface area contributed by atoms with Gasteiger partial charge in [0.05, 0.1) is 0 Å². The molecule has 1 aromatic heterocycles. The van der Waals surface area contributed by atoms with Crippen molar-refractivity contribution in [2.24, 2.45) is 0 Å². The SMILES string of the molecule is C[C@@H](Np1oc2ccc3c(c2c2c4c(ccc2o1)CCCC4)CCCC3)c1ccccc1P(c1ccccc1)c1ccccc1. The molecule has 0 amide bonds. The van der Waals surface area contributed by atoms with Crippen LogP contribution in [-0.2, 0) is 25.7 Å². The largest absolute Gasteiger partial charge is 0.408 e. The van der Waals surface area contributed by atoms with Gasteiger partial charge >= 0.3 is 8.16 Å². The highest BCUT2D eigenvalue weighted by Gasteiger charge is 2.24. The van der Waals surface area contributed by atoms with Crippen LogP contribution >= 0.6 is 16.1 Å². The first kappa shape index (κ1) is 28.8. The van der Waals surface area contributed by atoms with Crippen LogP contribution in [0.3, 0.4) is 0 Å². The van der Waals surface area contributed by atoms with Crippen molar-refractivity contribution in [2.45, 2.75) is 64.3 Å². The Hall–Kier alpha value is -3.61. The highest BCUT2D eigenvalue weighted by molar-refractivity contribution is 7.79. The fraction of sp³-hybridized carbons (Fsp3) is 0.250. The molecule has 0 aliphatic heterocycles. The molecule has 0 radical (unpaired) electrons. The molecule has 0 spiro atoms. The Morgan fingerprint density at radius 2 is 1.07 bits per heavy atom. The molecule has 226 valence electrons. The number of benzene rings is 5. The molecule has 1 heterocycles. The predicted molar refractivity (Wildman–Crippen MR) is 193 cm³/mol. The number of nitrogens with one attached hydrogen (secondary N) is 1. The van der Waals surface area contributed by atoms with Crippen LogP contribution in [0.5, 0.6) is 0 Å². The second kappa shape index (κ2) is 12.6. The van der Waals surface area contributed by atoms with Crippen LogP contribution < -0.4 is 21.0 Å². The number of hydrogen-bond acceptors (Lipinski definition) is 3. The molecule has 2 aliphatic carbocycles. The third kappa shape index (κ3) is 5.57. The lowest BCUT2D eigenvalue weighted by atomic mass is 9.84. The summed E-state index contributed by atoms with van der Waals surface area (Å²) in [6, 6.07) is 39.9. The molecule has 1 atom stereocenters. The summed E-state index contributed by atoms with van der Waals surface area (Å²) < 4.78 is 13.8. The molecular weight excluding hydrogens is 588 g/mol. The summed E-state index contributed by atoms with van der Waals surface area (Å²) >= 11 is 0. The van der Waals surface area contributed by atoms with E-state index in [0.29, 0.717) is 0 Å². The summed E-state index contributed by atoms with van der Waals surface area (Å²) in [5.74, 6) is 0. The Kier molecular flexibility index (Phi) is 8.10. The third-order valence-corrected chi connectivity index (χ3v) is 13.4. The molecule has 6 aromatic rings. The molecule has 5 heteroatoms. The molecule has 0 bridgehead atoms. The Balaban J connectivity index is 1.27. The monoisotopic (exact) mass is 627 g/mol. The zero-order valence-electron chi connectivity index (χ0n) is 25.8. The number of hydrogen-bond donors (Lipinski definition) is 1.